The zero-order valence-electron chi connectivity index (χ0n) is 13.0. The molecule has 1 atom stereocenters. The second kappa shape index (κ2) is 5.79. The van der Waals surface area contributed by atoms with Crippen LogP contribution in [0.5, 0.6) is 0 Å². The van der Waals surface area contributed by atoms with Crippen molar-refractivity contribution in [1.82, 2.24) is 20.2 Å². The van der Waals surface area contributed by atoms with Crippen LogP contribution in [0.15, 0.2) is 41.0 Å². The molecule has 4 rings (SSSR count). The van der Waals surface area contributed by atoms with E-state index in [1.165, 1.54) is 5.57 Å². The molecule has 2 heterocycles. The van der Waals surface area contributed by atoms with Crippen LogP contribution in [0.3, 0.4) is 0 Å². The zero-order valence-corrected chi connectivity index (χ0v) is 13.0. The Labute approximate surface area is 133 Å². The van der Waals surface area contributed by atoms with Crippen molar-refractivity contribution < 1.29 is 0 Å². The molecule has 6 heteroatoms. The Hall–Kier alpha value is -2.76. The summed E-state index contributed by atoms with van der Waals surface area (Å²) in [5.41, 5.74) is 6.86. The van der Waals surface area contributed by atoms with Crippen LogP contribution in [0.25, 0.3) is 22.1 Å². The number of aromatic amines is 1. The van der Waals surface area contributed by atoms with Crippen molar-refractivity contribution in [2.75, 3.05) is 5.43 Å². The molecule has 0 aliphatic heterocycles. The van der Waals surface area contributed by atoms with Crippen molar-refractivity contribution in [2.45, 2.75) is 26.2 Å². The van der Waals surface area contributed by atoms with Crippen LogP contribution in [0.1, 0.15) is 26.2 Å². The number of rotatable bonds is 3. The molecule has 0 saturated heterocycles. The molecule has 0 radical (unpaired) electrons. The summed E-state index contributed by atoms with van der Waals surface area (Å²) in [4.78, 5) is 7.69. The standard InChI is InChI=1S/C17H18N6/c1-11-6-8-12(9-7-11)10-18-22-17-20-16-15(21-23-17)13-4-2-3-5-14(13)19-16/h2-6,10,12H,7-9H2,1H3,(H2,19,20,22,23). The molecule has 0 amide bonds. The van der Waals surface area contributed by atoms with Crippen molar-refractivity contribution in [3.05, 3.63) is 35.9 Å². The first kappa shape index (κ1) is 13.9. The molecule has 0 saturated carbocycles. The zero-order chi connectivity index (χ0) is 15.6. The van der Waals surface area contributed by atoms with Gasteiger partial charge in [0.15, 0.2) is 5.65 Å². The van der Waals surface area contributed by atoms with E-state index in [9.17, 15) is 0 Å². The van der Waals surface area contributed by atoms with E-state index in [0.717, 1.165) is 41.3 Å². The molecule has 1 unspecified atom stereocenters. The summed E-state index contributed by atoms with van der Waals surface area (Å²) >= 11 is 0. The summed E-state index contributed by atoms with van der Waals surface area (Å²) in [5.74, 6) is 0.888. The van der Waals surface area contributed by atoms with Crippen molar-refractivity contribution >= 4 is 34.2 Å². The van der Waals surface area contributed by atoms with Crippen molar-refractivity contribution in [3.63, 3.8) is 0 Å². The second-order valence-corrected chi connectivity index (χ2v) is 5.98. The Morgan fingerprint density at radius 3 is 3.09 bits per heavy atom. The van der Waals surface area contributed by atoms with E-state index in [0.29, 0.717) is 11.9 Å². The number of fused-ring (bicyclic) bond motifs is 3. The number of aromatic nitrogens is 4. The van der Waals surface area contributed by atoms with E-state index in [-0.39, 0.29) is 0 Å². The monoisotopic (exact) mass is 306 g/mol. The van der Waals surface area contributed by atoms with E-state index < -0.39 is 0 Å². The fraction of sp³-hybridized carbons (Fsp3) is 0.294. The molecule has 2 aromatic heterocycles. The van der Waals surface area contributed by atoms with Crippen molar-refractivity contribution in [1.29, 1.82) is 0 Å². The lowest BCUT2D eigenvalue weighted by Crippen LogP contribution is -2.07. The fourth-order valence-corrected chi connectivity index (χ4v) is 2.89. The Morgan fingerprint density at radius 1 is 1.30 bits per heavy atom. The lowest BCUT2D eigenvalue weighted by Gasteiger charge is -2.15. The Kier molecular flexibility index (Phi) is 3.49. The van der Waals surface area contributed by atoms with E-state index in [1.807, 2.05) is 30.5 Å². The lowest BCUT2D eigenvalue weighted by molar-refractivity contribution is 0.607. The van der Waals surface area contributed by atoms with Gasteiger partial charge in [0, 0.05) is 17.1 Å². The van der Waals surface area contributed by atoms with Gasteiger partial charge in [-0.15, -0.1) is 10.2 Å². The smallest absolute Gasteiger partial charge is 0.265 e. The van der Waals surface area contributed by atoms with Crippen LogP contribution in [0.2, 0.25) is 0 Å². The van der Waals surface area contributed by atoms with Gasteiger partial charge in [-0.3, -0.25) is 0 Å². The minimum Gasteiger partial charge on any atom is -0.338 e. The van der Waals surface area contributed by atoms with Gasteiger partial charge >= 0.3 is 0 Å². The van der Waals surface area contributed by atoms with E-state index in [4.69, 9.17) is 0 Å². The summed E-state index contributed by atoms with van der Waals surface area (Å²) in [6.07, 6.45) is 7.58. The highest BCUT2D eigenvalue weighted by Gasteiger charge is 2.10. The highest BCUT2D eigenvalue weighted by atomic mass is 15.4. The lowest BCUT2D eigenvalue weighted by atomic mass is 9.91. The molecule has 23 heavy (non-hydrogen) atoms. The number of H-pyrrole nitrogens is 1. The molecule has 1 aliphatic rings. The average Bonchev–Trinajstić information content (AvgIpc) is 2.94. The maximum absolute atomic E-state index is 4.44. The summed E-state index contributed by atoms with van der Waals surface area (Å²) in [6, 6.07) is 7.97. The molecule has 1 aliphatic carbocycles. The summed E-state index contributed by atoms with van der Waals surface area (Å²) in [6.45, 7) is 2.18. The predicted molar refractivity (Wildman–Crippen MR) is 92.4 cm³/mol. The Balaban J connectivity index is 1.52. The molecule has 0 spiro atoms. The average molecular weight is 306 g/mol. The largest absolute Gasteiger partial charge is 0.338 e. The van der Waals surface area contributed by atoms with E-state index in [1.54, 1.807) is 0 Å². The van der Waals surface area contributed by atoms with Crippen LogP contribution in [0, 0.1) is 5.92 Å². The molecule has 0 fully saturated rings. The first-order valence-corrected chi connectivity index (χ1v) is 7.85. The second-order valence-electron chi connectivity index (χ2n) is 5.98. The first-order chi connectivity index (χ1) is 11.3. The third-order valence-corrected chi connectivity index (χ3v) is 4.25. The highest BCUT2D eigenvalue weighted by Crippen LogP contribution is 2.22. The van der Waals surface area contributed by atoms with Gasteiger partial charge in [0.1, 0.15) is 5.52 Å². The number of benzene rings is 1. The molecular formula is C17H18N6. The van der Waals surface area contributed by atoms with Gasteiger partial charge in [-0.05, 0) is 38.2 Å². The summed E-state index contributed by atoms with van der Waals surface area (Å²) in [5, 5.41) is 13.7. The Bertz CT molecular complexity index is 908. The van der Waals surface area contributed by atoms with Gasteiger partial charge in [0.25, 0.3) is 5.95 Å². The normalized spacial score (nSPS) is 18.7. The number of allylic oxidation sites excluding steroid dienone is 2. The molecular weight excluding hydrogens is 288 g/mol. The first-order valence-electron chi connectivity index (χ1n) is 7.85. The van der Waals surface area contributed by atoms with Crippen LogP contribution < -0.4 is 5.43 Å². The summed E-state index contributed by atoms with van der Waals surface area (Å²) in [7, 11) is 0. The fourth-order valence-electron chi connectivity index (χ4n) is 2.89. The van der Waals surface area contributed by atoms with Crippen LogP contribution in [0.4, 0.5) is 5.95 Å². The van der Waals surface area contributed by atoms with E-state index in [2.05, 4.69) is 43.7 Å². The van der Waals surface area contributed by atoms with Gasteiger partial charge in [-0.2, -0.15) is 10.1 Å². The van der Waals surface area contributed by atoms with Gasteiger partial charge in [0.2, 0.25) is 0 Å². The van der Waals surface area contributed by atoms with Crippen molar-refractivity contribution in [3.8, 4) is 0 Å². The van der Waals surface area contributed by atoms with Gasteiger partial charge in [-0.25, -0.2) is 5.43 Å². The van der Waals surface area contributed by atoms with Crippen LogP contribution in [-0.2, 0) is 0 Å². The maximum Gasteiger partial charge on any atom is 0.265 e. The molecule has 3 aromatic rings. The summed E-state index contributed by atoms with van der Waals surface area (Å²) < 4.78 is 0. The molecule has 6 nitrogen and oxygen atoms in total. The SMILES string of the molecule is CC1=CCC(C=NNc2nnc3c(n2)[nH]c2ccccc23)CC1. The third-order valence-electron chi connectivity index (χ3n) is 4.25. The number of hydrazone groups is 1. The number of nitrogens with one attached hydrogen (secondary N) is 2. The number of anilines is 1. The highest BCUT2D eigenvalue weighted by molar-refractivity contribution is 6.03. The Morgan fingerprint density at radius 2 is 2.22 bits per heavy atom. The van der Waals surface area contributed by atoms with Crippen LogP contribution >= 0.6 is 0 Å². The predicted octanol–water partition coefficient (Wildman–Crippen LogP) is 3.65. The number of hydrogen-bond acceptors (Lipinski definition) is 5. The van der Waals surface area contributed by atoms with Gasteiger partial charge in [0.05, 0.1) is 0 Å². The van der Waals surface area contributed by atoms with Gasteiger partial charge in [-0.1, -0.05) is 29.8 Å². The number of hydrogen-bond donors (Lipinski definition) is 2. The van der Waals surface area contributed by atoms with E-state index >= 15 is 0 Å². The minimum atomic E-state index is 0.405. The molecule has 0 bridgehead atoms. The van der Waals surface area contributed by atoms with Crippen LogP contribution in [-0.4, -0.2) is 26.4 Å². The number of nitrogens with zero attached hydrogens (tertiary/aromatic N) is 4. The molecule has 116 valence electrons. The minimum absolute atomic E-state index is 0.405. The van der Waals surface area contributed by atoms with Crippen molar-refractivity contribution in [2.24, 2.45) is 11.0 Å². The number of para-hydroxylation sites is 1. The molecule has 2 N–H and O–H groups in total. The quantitative estimate of drug-likeness (QED) is 0.440. The maximum atomic E-state index is 4.44. The third kappa shape index (κ3) is 2.79. The topological polar surface area (TPSA) is 78.8 Å². The molecule has 1 aromatic carbocycles. The van der Waals surface area contributed by atoms with Gasteiger partial charge < -0.3 is 4.98 Å².